The number of aromatic amines is 1. The van der Waals surface area contributed by atoms with Crippen molar-refractivity contribution in [2.45, 2.75) is 0 Å². The van der Waals surface area contributed by atoms with Crippen LogP contribution in [-0.4, -0.2) is 26.4 Å². The molecule has 20 heavy (non-hydrogen) atoms. The SMILES string of the molecule is Nc1nonc1C(=O)Nc1ccc(-c2ccn[nH]2)cc1. The fraction of sp³-hybridized carbons (Fsp3) is 0. The largest absolute Gasteiger partial charge is 0.379 e. The Morgan fingerprint density at radius 1 is 1.20 bits per heavy atom. The number of carbonyl (C=O) groups is 1. The molecule has 8 heteroatoms. The molecule has 0 atom stereocenters. The number of H-pyrrole nitrogens is 1. The quantitative estimate of drug-likeness (QED) is 0.659. The topological polar surface area (TPSA) is 123 Å². The van der Waals surface area contributed by atoms with Gasteiger partial charge in [-0.3, -0.25) is 9.89 Å². The third-order valence-corrected chi connectivity index (χ3v) is 2.68. The zero-order chi connectivity index (χ0) is 13.9. The van der Waals surface area contributed by atoms with Crippen molar-refractivity contribution in [3.63, 3.8) is 0 Å². The molecule has 4 N–H and O–H groups in total. The number of nitrogen functional groups attached to an aromatic ring is 1. The molecule has 2 heterocycles. The van der Waals surface area contributed by atoms with Gasteiger partial charge in [-0.25, -0.2) is 4.63 Å². The van der Waals surface area contributed by atoms with Crippen LogP contribution in [-0.2, 0) is 0 Å². The van der Waals surface area contributed by atoms with Crippen molar-refractivity contribution in [3.8, 4) is 11.3 Å². The van der Waals surface area contributed by atoms with Gasteiger partial charge in [0.1, 0.15) is 0 Å². The number of hydrogen-bond acceptors (Lipinski definition) is 6. The molecule has 1 aromatic carbocycles. The zero-order valence-corrected chi connectivity index (χ0v) is 10.2. The molecule has 0 aliphatic carbocycles. The summed E-state index contributed by atoms with van der Waals surface area (Å²) in [5.41, 5.74) is 7.87. The summed E-state index contributed by atoms with van der Waals surface area (Å²) in [7, 11) is 0. The van der Waals surface area contributed by atoms with E-state index in [9.17, 15) is 4.79 Å². The van der Waals surface area contributed by atoms with E-state index in [2.05, 4.69) is 30.5 Å². The van der Waals surface area contributed by atoms with E-state index in [-0.39, 0.29) is 11.5 Å². The van der Waals surface area contributed by atoms with Gasteiger partial charge in [-0.05, 0) is 34.1 Å². The number of hydrogen-bond donors (Lipinski definition) is 3. The summed E-state index contributed by atoms with van der Waals surface area (Å²) >= 11 is 0. The van der Waals surface area contributed by atoms with Crippen LogP contribution in [0.5, 0.6) is 0 Å². The highest BCUT2D eigenvalue weighted by molar-refractivity contribution is 6.05. The normalized spacial score (nSPS) is 10.4. The van der Waals surface area contributed by atoms with Gasteiger partial charge < -0.3 is 11.1 Å². The van der Waals surface area contributed by atoms with E-state index in [1.165, 1.54) is 0 Å². The summed E-state index contributed by atoms with van der Waals surface area (Å²) in [6.07, 6.45) is 1.67. The maximum atomic E-state index is 11.8. The molecule has 3 rings (SSSR count). The van der Waals surface area contributed by atoms with Crippen LogP contribution >= 0.6 is 0 Å². The van der Waals surface area contributed by atoms with Crippen LogP contribution in [0.4, 0.5) is 11.5 Å². The number of nitrogens with two attached hydrogens (primary N) is 1. The van der Waals surface area contributed by atoms with Crippen molar-refractivity contribution in [2.75, 3.05) is 11.1 Å². The maximum Gasteiger partial charge on any atom is 0.281 e. The molecule has 0 saturated carbocycles. The molecule has 8 nitrogen and oxygen atoms in total. The number of aromatic nitrogens is 4. The standard InChI is InChI=1S/C12H10N6O2/c13-11-10(17-20-18-11)12(19)15-8-3-1-7(2-4-8)9-5-6-14-16-9/h1-6H,(H2,13,18)(H,14,16)(H,15,19). The van der Waals surface area contributed by atoms with E-state index in [1.807, 2.05) is 18.2 Å². The number of nitrogens with one attached hydrogen (secondary N) is 2. The number of nitrogens with zero attached hydrogens (tertiary/aromatic N) is 3. The molecule has 0 unspecified atom stereocenters. The van der Waals surface area contributed by atoms with Gasteiger partial charge in [-0.2, -0.15) is 5.10 Å². The van der Waals surface area contributed by atoms with Gasteiger partial charge in [0.05, 0.1) is 5.69 Å². The second-order valence-electron chi connectivity index (χ2n) is 4.00. The van der Waals surface area contributed by atoms with Crippen LogP contribution in [0.3, 0.4) is 0 Å². The average molecular weight is 270 g/mol. The first kappa shape index (κ1) is 11.9. The molecule has 0 radical (unpaired) electrons. The minimum absolute atomic E-state index is 0.0392. The summed E-state index contributed by atoms with van der Waals surface area (Å²) < 4.78 is 4.38. The number of benzene rings is 1. The highest BCUT2D eigenvalue weighted by Crippen LogP contribution is 2.19. The van der Waals surface area contributed by atoms with Gasteiger partial charge in [-0.15, -0.1) is 0 Å². The van der Waals surface area contributed by atoms with E-state index in [0.29, 0.717) is 5.69 Å². The van der Waals surface area contributed by atoms with Crippen LogP contribution in [0.1, 0.15) is 10.5 Å². The molecule has 3 aromatic rings. The monoisotopic (exact) mass is 270 g/mol. The number of rotatable bonds is 3. The van der Waals surface area contributed by atoms with E-state index in [1.54, 1.807) is 18.3 Å². The highest BCUT2D eigenvalue weighted by atomic mass is 16.6. The Labute approximate surface area is 112 Å². The lowest BCUT2D eigenvalue weighted by Gasteiger charge is -2.04. The second-order valence-corrected chi connectivity index (χ2v) is 4.00. The molecule has 1 amide bonds. The Morgan fingerprint density at radius 3 is 2.60 bits per heavy atom. The molecule has 0 spiro atoms. The van der Waals surface area contributed by atoms with Crippen LogP contribution in [0.15, 0.2) is 41.2 Å². The molecule has 0 fully saturated rings. The van der Waals surface area contributed by atoms with Gasteiger partial charge >= 0.3 is 0 Å². The van der Waals surface area contributed by atoms with E-state index >= 15 is 0 Å². The van der Waals surface area contributed by atoms with Gasteiger partial charge in [-0.1, -0.05) is 12.1 Å². The maximum absolute atomic E-state index is 11.8. The Hall–Kier alpha value is -3.16. The molecule has 0 aliphatic heterocycles. The van der Waals surface area contributed by atoms with Crippen molar-refractivity contribution < 1.29 is 9.42 Å². The van der Waals surface area contributed by atoms with Gasteiger partial charge in [0, 0.05) is 11.9 Å². The first-order chi connectivity index (χ1) is 9.74. The van der Waals surface area contributed by atoms with Gasteiger partial charge in [0.25, 0.3) is 5.91 Å². The van der Waals surface area contributed by atoms with Crippen LogP contribution < -0.4 is 11.1 Å². The smallest absolute Gasteiger partial charge is 0.281 e. The Kier molecular flexibility index (Phi) is 2.88. The fourth-order valence-electron chi connectivity index (χ4n) is 1.69. The predicted octanol–water partition coefficient (Wildman–Crippen LogP) is 1.29. The summed E-state index contributed by atoms with van der Waals surface area (Å²) in [5.74, 6) is -0.519. The highest BCUT2D eigenvalue weighted by Gasteiger charge is 2.15. The van der Waals surface area contributed by atoms with E-state index in [4.69, 9.17) is 5.73 Å². The minimum Gasteiger partial charge on any atom is -0.379 e. The lowest BCUT2D eigenvalue weighted by molar-refractivity contribution is 0.101. The van der Waals surface area contributed by atoms with Crippen molar-refractivity contribution in [1.82, 2.24) is 20.5 Å². The summed E-state index contributed by atoms with van der Waals surface area (Å²) in [4.78, 5) is 11.8. The number of anilines is 2. The van der Waals surface area contributed by atoms with Crippen molar-refractivity contribution in [2.24, 2.45) is 0 Å². The van der Waals surface area contributed by atoms with E-state index in [0.717, 1.165) is 11.3 Å². The van der Waals surface area contributed by atoms with Crippen molar-refractivity contribution >= 4 is 17.4 Å². The van der Waals surface area contributed by atoms with Crippen molar-refractivity contribution in [3.05, 3.63) is 42.2 Å². The molecule has 0 aliphatic rings. The molecule has 100 valence electrons. The lowest BCUT2D eigenvalue weighted by Crippen LogP contribution is -2.14. The van der Waals surface area contributed by atoms with Gasteiger partial charge in [0.2, 0.25) is 11.5 Å². The van der Waals surface area contributed by atoms with Crippen LogP contribution in [0.25, 0.3) is 11.3 Å². The molecular formula is C12H10N6O2. The third kappa shape index (κ3) is 2.21. The average Bonchev–Trinajstić information content (AvgIpc) is 3.10. The van der Waals surface area contributed by atoms with E-state index < -0.39 is 5.91 Å². The minimum atomic E-state index is -0.474. The zero-order valence-electron chi connectivity index (χ0n) is 10.2. The predicted molar refractivity (Wildman–Crippen MR) is 70.7 cm³/mol. The summed E-state index contributed by atoms with van der Waals surface area (Å²) in [6.45, 7) is 0. The van der Waals surface area contributed by atoms with Crippen LogP contribution in [0.2, 0.25) is 0 Å². The molecule has 0 saturated heterocycles. The Balaban J connectivity index is 1.76. The Morgan fingerprint density at radius 2 is 2.00 bits per heavy atom. The first-order valence-electron chi connectivity index (χ1n) is 5.73. The van der Waals surface area contributed by atoms with Crippen molar-refractivity contribution in [1.29, 1.82) is 0 Å². The number of amides is 1. The molecule has 0 bridgehead atoms. The third-order valence-electron chi connectivity index (χ3n) is 2.68. The fourth-order valence-corrected chi connectivity index (χ4v) is 1.69. The second kappa shape index (κ2) is 4.84. The number of carbonyl (C=O) groups excluding carboxylic acids is 1. The summed E-state index contributed by atoms with van der Waals surface area (Å²) in [5, 5.41) is 16.2. The molecular weight excluding hydrogens is 260 g/mol. The molecule has 2 aromatic heterocycles. The first-order valence-corrected chi connectivity index (χ1v) is 5.73. The summed E-state index contributed by atoms with van der Waals surface area (Å²) in [6, 6.07) is 9.09. The Bertz CT molecular complexity index is 717. The van der Waals surface area contributed by atoms with Gasteiger partial charge in [0.15, 0.2) is 0 Å². The lowest BCUT2D eigenvalue weighted by atomic mass is 10.1. The van der Waals surface area contributed by atoms with Crippen LogP contribution in [0, 0.1) is 0 Å².